The molecule has 14 heavy (non-hydrogen) atoms. The Kier molecular flexibility index (Phi) is 2.40. The van der Waals surface area contributed by atoms with Crippen LogP contribution in [-0.4, -0.2) is 11.4 Å². The maximum absolute atomic E-state index is 3.77. The van der Waals surface area contributed by atoms with Crippen LogP contribution < -0.4 is 0 Å². The Bertz CT molecular complexity index is 365. The lowest BCUT2D eigenvalue weighted by atomic mass is 9.97. The maximum Gasteiger partial charge on any atom is 0.0518 e. The van der Waals surface area contributed by atoms with Gasteiger partial charge in [-0.05, 0) is 24.1 Å². The van der Waals surface area contributed by atoms with Crippen molar-refractivity contribution in [2.24, 2.45) is 0 Å². The number of fused-ring (bicyclic) bond motifs is 1. The van der Waals surface area contributed by atoms with Gasteiger partial charge in [-0.25, -0.2) is 0 Å². The molecule has 1 heterocycles. The predicted octanol–water partition coefficient (Wildman–Crippen LogP) is 3.22. The van der Waals surface area contributed by atoms with Gasteiger partial charge in [0, 0.05) is 12.7 Å². The number of rotatable bonds is 2. The fourth-order valence-electron chi connectivity index (χ4n) is 1.89. The molecule has 1 unspecified atom stereocenters. The molecule has 1 nitrogen and oxygen atoms in total. The van der Waals surface area contributed by atoms with E-state index in [1.807, 2.05) is 6.08 Å². The van der Waals surface area contributed by atoms with Gasteiger partial charge < -0.3 is 4.90 Å². The lowest BCUT2D eigenvalue weighted by Crippen LogP contribution is -2.24. The van der Waals surface area contributed by atoms with E-state index in [1.165, 1.54) is 11.1 Å². The summed E-state index contributed by atoms with van der Waals surface area (Å²) in [5, 5.41) is 0. The molecule has 0 amide bonds. The molecule has 0 aromatic heterocycles. The van der Waals surface area contributed by atoms with Crippen LogP contribution in [0.4, 0.5) is 0 Å². The van der Waals surface area contributed by atoms with Crippen molar-refractivity contribution in [2.45, 2.75) is 13.0 Å². The number of hydrogen-bond acceptors (Lipinski definition) is 1. The number of benzene rings is 1. The van der Waals surface area contributed by atoms with Crippen molar-refractivity contribution < 1.29 is 0 Å². The minimum Gasteiger partial charge on any atom is -0.367 e. The van der Waals surface area contributed by atoms with Crippen LogP contribution in [0.5, 0.6) is 0 Å². The molecule has 1 aromatic rings. The van der Waals surface area contributed by atoms with Crippen LogP contribution >= 0.6 is 0 Å². The van der Waals surface area contributed by atoms with Crippen LogP contribution in [0, 0.1) is 0 Å². The summed E-state index contributed by atoms with van der Waals surface area (Å²) in [6, 6.07) is 8.99. The molecule has 0 saturated carbocycles. The lowest BCUT2D eigenvalue weighted by Gasteiger charge is -2.31. The van der Waals surface area contributed by atoms with Crippen molar-refractivity contribution in [2.75, 3.05) is 6.54 Å². The largest absolute Gasteiger partial charge is 0.367 e. The zero-order chi connectivity index (χ0) is 9.97. The third kappa shape index (κ3) is 1.46. The Morgan fingerprint density at radius 2 is 2.21 bits per heavy atom. The first-order valence-electron chi connectivity index (χ1n) is 4.96. The van der Waals surface area contributed by atoms with Gasteiger partial charge >= 0.3 is 0 Å². The highest BCUT2D eigenvalue weighted by molar-refractivity contribution is 5.56. The average Bonchev–Trinajstić information content (AvgIpc) is 2.23. The van der Waals surface area contributed by atoms with E-state index >= 15 is 0 Å². The van der Waals surface area contributed by atoms with Gasteiger partial charge in [0.15, 0.2) is 0 Å². The molecular weight excluding hydrogens is 170 g/mol. The van der Waals surface area contributed by atoms with Gasteiger partial charge in [-0.15, -0.1) is 6.58 Å². The fraction of sp³-hybridized carbons (Fsp3) is 0.231. The summed E-state index contributed by atoms with van der Waals surface area (Å²) in [6.07, 6.45) is 6.25. The molecule has 1 aliphatic rings. The molecule has 0 N–H and O–H groups in total. The Balaban J connectivity index is 2.34. The monoisotopic (exact) mass is 185 g/mol. The van der Waals surface area contributed by atoms with Crippen LogP contribution in [0.1, 0.15) is 24.1 Å². The van der Waals surface area contributed by atoms with Gasteiger partial charge in [0.1, 0.15) is 0 Å². The van der Waals surface area contributed by atoms with E-state index in [4.69, 9.17) is 0 Å². The van der Waals surface area contributed by atoms with E-state index in [0.717, 1.165) is 6.54 Å². The number of hydrogen-bond donors (Lipinski definition) is 0. The van der Waals surface area contributed by atoms with Gasteiger partial charge in [0.05, 0.1) is 6.04 Å². The first kappa shape index (κ1) is 9.07. The maximum atomic E-state index is 3.77. The highest BCUT2D eigenvalue weighted by Crippen LogP contribution is 2.29. The molecular formula is C13H15N. The molecule has 0 radical (unpaired) electrons. The second-order valence-corrected chi connectivity index (χ2v) is 3.61. The zero-order valence-corrected chi connectivity index (χ0v) is 8.48. The minimum absolute atomic E-state index is 0.453. The first-order valence-corrected chi connectivity index (χ1v) is 4.96. The molecule has 0 aliphatic carbocycles. The van der Waals surface area contributed by atoms with Crippen LogP contribution in [0.2, 0.25) is 0 Å². The summed E-state index contributed by atoms with van der Waals surface area (Å²) < 4.78 is 0. The summed E-state index contributed by atoms with van der Waals surface area (Å²) in [5.74, 6) is 0. The summed E-state index contributed by atoms with van der Waals surface area (Å²) in [4.78, 5) is 2.29. The highest BCUT2D eigenvalue weighted by atomic mass is 15.1. The fourth-order valence-corrected chi connectivity index (χ4v) is 1.89. The van der Waals surface area contributed by atoms with Gasteiger partial charge in [-0.2, -0.15) is 0 Å². The third-order valence-corrected chi connectivity index (χ3v) is 2.73. The second-order valence-electron chi connectivity index (χ2n) is 3.61. The summed E-state index contributed by atoms with van der Waals surface area (Å²) >= 11 is 0. The molecule has 2 rings (SSSR count). The van der Waals surface area contributed by atoms with E-state index in [2.05, 4.69) is 54.9 Å². The summed E-state index contributed by atoms with van der Waals surface area (Å²) in [7, 11) is 0. The van der Waals surface area contributed by atoms with Crippen LogP contribution in [-0.2, 0) is 0 Å². The normalized spacial score (nSPS) is 19.2. The van der Waals surface area contributed by atoms with Crippen LogP contribution in [0.15, 0.2) is 43.1 Å². The molecule has 1 heteroatoms. The summed E-state index contributed by atoms with van der Waals surface area (Å²) in [6.45, 7) is 6.91. The molecule has 0 fully saturated rings. The van der Waals surface area contributed by atoms with Crippen LogP contribution in [0.25, 0.3) is 6.08 Å². The first-order chi connectivity index (χ1) is 6.83. The lowest BCUT2D eigenvalue weighted by molar-refractivity contribution is 0.326. The van der Waals surface area contributed by atoms with E-state index in [-0.39, 0.29) is 0 Å². The SMILES string of the molecule is C=CCN1C=Cc2ccccc2C1C. The Morgan fingerprint density at radius 3 is 3.00 bits per heavy atom. The molecule has 1 aliphatic heterocycles. The van der Waals surface area contributed by atoms with E-state index in [9.17, 15) is 0 Å². The molecule has 1 aromatic carbocycles. The highest BCUT2D eigenvalue weighted by Gasteiger charge is 2.16. The van der Waals surface area contributed by atoms with Crippen molar-refractivity contribution in [1.82, 2.24) is 4.90 Å². The molecule has 1 atom stereocenters. The smallest absolute Gasteiger partial charge is 0.0518 e. The molecule has 0 bridgehead atoms. The quantitative estimate of drug-likeness (QED) is 0.639. The number of nitrogens with zero attached hydrogens (tertiary/aromatic N) is 1. The van der Waals surface area contributed by atoms with Crippen molar-refractivity contribution in [1.29, 1.82) is 0 Å². The van der Waals surface area contributed by atoms with Gasteiger partial charge in [0.2, 0.25) is 0 Å². The van der Waals surface area contributed by atoms with E-state index in [0.29, 0.717) is 6.04 Å². The average molecular weight is 185 g/mol. The second kappa shape index (κ2) is 3.70. The van der Waals surface area contributed by atoms with E-state index in [1.54, 1.807) is 0 Å². The topological polar surface area (TPSA) is 3.24 Å². The zero-order valence-electron chi connectivity index (χ0n) is 8.48. The Morgan fingerprint density at radius 1 is 1.43 bits per heavy atom. The van der Waals surface area contributed by atoms with E-state index < -0.39 is 0 Å². The van der Waals surface area contributed by atoms with Gasteiger partial charge in [-0.3, -0.25) is 0 Å². The van der Waals surface area contributed by atoms with Crippen LogP contribution in [0.3, 0.4) is 0 Å². The van der Waals surface area contributed by atoms with Crippen molar-refractivity contribution >= 4 is 6.08 Å². The van der Waals surface area contributed by atoms with Crippen molar-refractivity contribution in [3.05, 3.63) is 54.2 Å². The van der Waals surface area contributed by atoms with Crippen molar-refractivity contribution in [3.8, 4) is 0 Å². The van der Waals surface area contributed by atoms with Gasteiger partial charge in [0.25, 0.3) is 0 Å². The molecule has 0 saturated heterocycles. The Labute approximate surface area is 85.4 Å². The minimum atomic E-state index is 0.453. The molecule has 0 spiro atoms. The Hall–Kier alpha value is -1.50. The van der Waals surface area contributed by atoms with Gasteiger partial charge in [-0.1, -0.05) is 30.3 Å². The third-order valence-electron chi connectivity index (χ3n) is 2.73. The standard InChI is InChI=1S/C13H15N/c1-3-9-14-10-8-12-6-4-5-7-13(12)11(14)2/h3-8,10-11H,1,9H2,2H3. The summed E-state index contributed by atoms with van der Waals surface area (Å²) in [5.41, 5.74) is 2.73. The predicted molar refractivity (Wildman–Crippen MR) is 60.8 cm³/mol. The van der Waals surface area contributed by atoms with Crippen molar-refractivity contribution in [3.63, 3.8) is 0 Å². The molecule has 72 valence electrons.